The Morgan fingerprint density at radius 1 is 1.26 bits per heavy atom. The van der Waals surface area contributed by atoms with Crippen molar-refractivity contribution in [3.05, 3.63) is 58.1 Å². The van der Waals surface area contributed by atoms with E-state index in [2.05, 4.69) is 31.3 Å². The summed E-state index contributed by atoms with van der Waals surface area (Å²) in [5.74, 6) is 4.19. The van der Waals surface area contributed by atoms with Gasteiger partial charge < -0.3 is 0 Å². The average Bonchev–Trinajstić information content (AvgIpc) is 2.44. The van der Waals surface area contributed by atoms with Crippen molar-refractivity contribution in [1.29, 1.82) is 0 Å². The van der Waals surface area contributed by atoms with Crippen molar-refractivity contribution in [3.8, 4) is 0 Å². The van der Waals surface area contributed by atoms with E-state index in [0.29, 0.717) is 5.56 Å². The Bertz CT molecular complexity index is 565. The highest BCUT2D eigenvalue weighted by molar-refractivity contribution is 9.10. The normalized spacial score (nSPS) is 12.4. The third-order valence-corrected chi connectivity index (χ3v) is 3.34. The van der Waals surface area contributed by atoms with Crippen molar-refractivity contribution in [1.82, 2.24) is 15.4 Å². The standard InChI is InChI=1S/C12H11BrF2N4/c13-9-1-2-10(14)8(12(9)15)3-11(19-16)7-4-17-6-18-5-7/h1-2,4-6,11,19H,3,16H2. The van der Waals surface area contributed by atoms with Gasteiger partial charge in [-0.2, -0.15) is 0 Å². The van der Waals surface area contributed by atoms with E-state index in [9.17, 15) is 8.78 Å². The summed E-state index contributed by atoms with van der Waals surface area (Å²) in [6.45, 7) is 0. The molecule has 1 aromatic heterocycles. The maximum atomic E-state index is 13.9. The van der Waals surface area contributed by atoms with Gasteiger partial charge in [-0.1, -0.05) is 0 Å². The lowest BCUT2D eigenvalue weighted by molar-refractivity contribution is 0.496. The molecule has 1 heterocycles. The van der Waals surface area contributed by atoms with Crippen LogP contribution >= 0.6 is 15.9 Å². The first-order valence-corrected chi connectivity index (χ1v) is 6.26. The number of nitrogens with one attached hydrogen (secondary N) is 1. The quantitative estimate of drug-likeness (QED) is 0.513. The lowest BCUT2D eigenvalue weighted by Gasteiger charge is -2.16. The monoisotopic (exact) mass is 328 g/mol. The molecule has 1 unspecified atom stereocenters. The second-order valence-electron chi connectivity index (χ2n) is 3.92. The minimum absolute atomic E-state index is 0.0406. The van der Waals surface area contributed by atoms with E-state index < -0.39 is 17.7 Å². The number of rotatable bonds is 4. The third kappa shape index (κ3) is 3.12. The van der Waals surface area contributed by atoms with Crippen molar-refractivity contribution >= 4 is 15.9 Å². The minimum atomic E-state index is -0.628. The molecular formula is C12H11BrF2N4. The maximum Gasteiger partial charge on any atom is 0.143 e. The third-order valence-electron chi connectivity index (χ3n) is 2.73. The van der Waals surface area contributed by atoms with Crippen LogP contribution in [0.3, 0.4) is 0 Å². The van der Waals surface area contributed by atoms with E-state index in [0.717, 1.165) is 0 Å². The van der Waals surface area contributed by atoms with Crippen LogP contribution in [-0.4, -0.2) is 9.97 Å². The highest BCUT2D eigenvalue weighted by Gasteiger charge is 2.18. The van der Waals surface area contributed by atoms with Crippen molar-refractivity contribution in [2.24, 2.45) is 5.84 Å². The number of aromatic nitrogens is 2. The molecule has 0 radical (unpaired) electrons. The molecule has 100 valence electrons. The van der Waals surface area contributed by atoms with E-state index in [-0.39, 0.29) is 16.5 Å². The second kappa shape index (κ2) is 6.14. The van der Waals surface area contributed by atoms with E-state index in [1.54, 1.807) is 12.4 Å². The van der Waals surface area contributed by atoms with E-state index in [4.69, 9.17) is 5.84 Å². The molecule has 3 N–H and O–H groups in total. The molecule has 0 spiro atoms. The first kappa shape index (κ1) is 14.0. The lowest BCUT2D eigenvalue weighted by atomic mass is 10.0. The van der Waals surface area contributed by atoms with Crippen LogP contribution in [0.4, 0.5) is 8.78 Å². The van der Waals surface area contributed by atoms with E-state index in [1.807, 2.05) is 0 Å². The van der Waals surface area contributed by atoms with Crippen LogP contribution in [-0.2, 0) is 6.42 Å². The smallest absolute Gasteiger partial charge is 0.143 e. The average molecular weight is 329 g/mol. The van der Waals surface area contributed by atoms with Gasteiger partial charge in [0, 0.05) is 23.5 Å². The number of benzene rings is 1. The molecule has 0 saturated heterocycles. The molecule has 0 aliphatic rings. The Kier molecular flexibility index (Phi) is 4.52. The van der Waals surface area contributed by atoms with Gasteiger partial charge in [0.1, 0.15) is 18.0 Å². The molecule has 2 aromatic rings. The molecule has 0 aliphatic heterocycles. The Morgan fingerprint density at radius 2 is 1.95 bits per heavy atom. The molecule has 0 bridgehead atoms. The molecule has 0 saturated carbocycles. The minimum Gasteiger partial charge on any atom is -0.271 e. The SMILES string of the molecule is NNC(Cc1c(F)ccc(Br)c1F)c1cncnc1. The van der Waals surface area contributed by atoms with Crippen LogP contribution in [0.5, 0.6) is 0 Å². The summed E-state index contributed by atoms with van der Waals surface area (Å²) in [7, 11) is 0. The summed E-state index contributed by atoms with van der Waals surface area (Å²) < 4.78 is 27.8. The number of hydrazine groups is 1. The fourth-order valence-electron chi connectivity index (χ4n) is 1.72. The first-order chi connectivity index (χ1) is 9.13. The Balaban J connectivity index is 2.32. The van der Waals surface area contributed by atoms with Crippen molar-refractivity contribution in [3.63, 3.8) is 0 Å². The van der Waals surface area contributed by atoms with Gasteiger partial charge >= 0.3 is 0 Å². The van der Waals surface area contributed by atoms with Gasteiger partial charge in [0.25, 0.3) is 0 Å². The van der Waals surface area contributed by atoms with E-state index in [1.165, 1.54) is 18.5 Å². The molecular weight excluding hydrogens is 318 g/mol. The van der Waals surface area contributed by atoms with Crippen molar-refractivity contribution in [2.45, 2.75) is 12.5 Å². The van der Waals surface area contributed by atoms with Crippen molar-refractivity contribution < 1.29 is 8.78 Å². The van der Waals surface area contributed by atoms with Gasteiger partial charge in [-0.15, -0.1) is 0 Å². The first-order valence-electron chi connectivity index (χ1n) is 5.47. The zero-order valence-electron chi connectivity index (χ0n) is 9.78. The zero-order chi connectivity index (χ0) is 13.8. The molecule has 0 amide bonds. The number of nitrogens with zero attached hydrogens (tertiary/aromatic N) is 2. The largest absolute Gasteiger partial charge is 0.271 e. The predicted molar refractivity (Wildman–Crippen MR) is 69.9 cm³/mol. The molecule has 19 heavy (non-hydrogen) atoms. The predicted octanol–water partition coefficient (Wildman–Crippen LogP) is 2.26. The van der Waals surface area contributed by atoms with Crippen LogP contribution in [0.2, 0.25) is 0 Å². The lowest BCUT2D eigenvalue weighted by Crippen LogP contribution is -2.30. The summed E-state index contributed by atoms with van der Waals surface area (Å²) in [6.07, 6.45) is 4.52. The Hall–Kier alpha value is -1.44. The number of hydrogen-bond donors (Lipinski definition) is 2. The van der Waals surface area contributed by atoms with E-state index >= 15 is 0 Å². The van der Waals surface area contributed by atoms with Gasteiger partial charge in [0.2, 0.25) is 0 Å². The van der Waals surface area contributed by atoms with Gasteiger partial charge in [-0.25, -0.2) is 18.7 Å². The van der Waals surface area contributed by atoms with Crippen molar-refractivity contribution in [2.75, 3.05) is 0 Å². The number of hydrogen-bond acceptors (Lipinski definition) is 4. The molecule has 0 fully saturated rings. The molecule has 4 nitrogen and oxygen atoms in total. The van der Waals surface area contributed by atoms with Crippen LogP contribution in [0, 0.1) is 11.6 Å². The van der Waals surface area contributed by atoms with Gasteiger partial charge in [0.15, 0.2) is 0 Å². The second-order valence-corrected chi connectivity index (χ2v) is 4.77. The highest BCUT2D eigenvalue weighted by Crippen LogP contribution is 2.25. The maximum absolute atomic E-state index is 13.9. The molecule has 0 aliphatic carbocycles. The number of nitrogens with two attached hydrogens (primary N) is 1. The Morgan fingerprint density at radius 3 is 2.58 bits per heavy atom. The van der Waals surface area contributed by atoms with Crippen LogP contribution < -0.4 is 11.3 Å². The van der Waals surface area contributed by atoms with Crippen LogP contribution in [0.25, 0.3) is 0 Å². The summed E-state index contributed by atoms with van der Waals surface area (Å²) in [6, 6.07) is 2.06. The Labute approximate surface area is 117 Å². The summed E-state index contributed by atoms with van der Waals surface area (Å²) in [5.41, 5.74) is 3.13. The van der Waals surface area contributed by atoms with Crippen LogP contribution in [0.1, 0.15) is 17.2 Å². The topological polar surface area (TPSA) is 63.8 Å². The fourth-order valence-corrected chi connectivity index (χ4v) is 2.10. The summed E-state index contributed by atoms with van der Waals surface area (Å²) >= 11 is 3.03. The summed E-state index contributed by atoms with van der Waals surface area (Å²) in [5, 5.41) is 0. The zero-order valence-corrected chi connectivity index (χ0v) is 11.4. The number of halogens is 3. The highest BCUT2D eigenvalue weighted by atomic mass is 79.9. The van der Waals surface area contributed by atoms with Gasteiger partial charge in [0.05, 0.1) is 10.5 Å². The molecule has 1 aromatic carbocycles. The fraction of sp³-hybridized carbons (Fsp3) is 0.167. The van der Waals surface area contributed by atoms with Gasteiger partial charge in [-0.05, 0) is 34.5 Å². The van der Waals surface area contributed by atoms with Gasteiger partial charge in [-0.3, -0.25) is 11.3 Å². The molecule has 7 heteroatoms. The molecule has 1 atom stereocenters. The van der Waals surface area contributed by atoms with Crippen LogP contribution in [0.15, 0.2) is 35.3 Å². The summed E-state index contributed by atoms with van der Waals surface area (Å²) in [4.78, 5) is 7.71. The molecule has 2 rings (SSSR count).